The Kier molecular flexibility index (Phi) is 5.85. The van der Waals surface area contributed by atoms with Gasteiger partial charge in [-0.25, -0.2) is 9.67 Å². The molecular formula is C27H33BrN6O3. The highest BCUT2D eigenvalue weighted by atomic mass is 79.9. The maximum Gasteiger partial charge on any atom is 0.230 e. The fraction of sp³-hybridized carbons (Fsp3) is 0.556. The lowest BCUT2D eigenvalue weighted by Gasteiger charge is -2.60. The van der Waals surface area contributed by atoms with Crippen LogP contribution in [0, 0.1) is 31.1 Å². The molecule has 2 unspecified atom stereocenters. The topological polar surface area (TPSA) is 96.1 Å². The number of hydrogen-bond acceptors (Lipinski definition) is 6. The summed E-state index contributed by atoms with van der Waals surface area (Å²) in [6.45, 7) is 4.55. The second-order valence-corrected chi connectivity index (χ2v) is 12.0. The SMILES string of the molecule is COc1ccc(Cn2nc(C)c(NC(=O)C34CC5CC(C3)CC(n3cnc(Br)n3)(C5)C4)c2C)cc1OC. The van der Waals surface area contributed by atoms with Crippen LogP contribution in [0.1, 0.15) is 55.5 Å². The van der Waals surface area contributed by atoms with E-state index < -0.39 is 0 Å². The van der Waals surface area contributed by atoms with E-state index in [1.165, 1.54) is 6.42 Å². The van der Waals surface area contributed by atoms with Gasteiger partial charge in [-0.2, -0.15) is 5.10 Å². The molecule has 3 aromatic rings. The Morgan fingerprint density at radius 2 is 1.84 bits per heavy atom. The van der Waals surface area contributed by atoms with Gasteiger partial charge in [-0.3, -0.25) is 9.48 Å². The lowest BCUT2D eigenvalue weighted by Crippen LogP contribution is -2.60. The maximum atomic E-state index is 14.0. The summed E-state index contributed by atoms with van der Waals surface area (Å²) in [5.74, 6) is 2.60. The van der Waals surface area contributed by atoms with Gasteiger partial charge in [0, 0.05) is 0 Å². The number of nitrogens with one attached hydrogen (secondary N) is 1. The molecule has 1 N–H and O–H groups in total. The normalized spacial score (nSPS) is 27.9. The number of halogens is 1. The number of nitrogens with zero attached hydrogens (tertiary/aromatic N) is 5. The third-order valence-corrected chi connectivity index (χ3v) is 9.23. The quantitative estimate of drug-likeness (QED) is 0.437. The minimum Gasteiger partial charge on any atom is -0.493 e. The minimum atomic E-state index is -0.382. The van der Waals surface area contributed by atoms with E-state index in [1.54, 1.807) is 14.2 Å². The predicted octanol–water partition coefficient (Wildman–Crippen LogP) is 4.85. The van der Waals surface area contributed by atoms with E-state index in [2.05, 4.69) is 31.3 Å². The van der Waals surface area contributed by atoms with Crippen LogP contribution in [0.5, 0.6) is 11.5 Å². The Hall–Kier alpha value is -2.88. The van der Waals surface area contributed by atoms with Crippen molar-refractivity contribution in [1.29, 1.82) is 0 Å². The van der Waals surface area contributed by atoms with Crippen molar-refractivity contribution in [2.45, 2.75) is 64.5 Å². The van der Waals surface area contributed by atoms with Crippen molar-refractivity contribution in [3.05, 3.63) is 46.2 Å². The lowest BCUT2D eigenvalue weighted by molar-refractivity contribution is -0.150. The van der Waals surface area contributed by atoms with E-state index in [9.17, 15) is 4.79 Å². The number of hydrogen-bond donors (Lipinski definition) is 1. The first kappa shape index (κ1) is 24.5. The van der Waals surface area contributed by atoms with Crippen molar-refractivity contribution >= 4 is 27.5 Å². The van der Waals surface area contributed by atoms with E-state index in [0.717, 1.165) is 54.7 Å². The van der Waals surface area contributed by atoms with Crippen molar-refractivity contribution in [2.75, 3.05) is 19.5 Å². The first-order valence-corrected chi connectivity index (χ1v) is 13.7. The Bertz CT molecular complexity index is 1350. The molecule has 196 valence electrons. The second-order valence-electron chi connectivity index (χ2n) is 11.3. The average Bonchev–Trinajstić information content (AvgIpc) is 3.42. The molecular weight excluding hydrogens is 536 g/mol. The number of carbonyl (C=O) groups is 1. The molecule has 7 rings (SSSR count). The molecule has 4 aliphatic carbocycles. The molecule has 0 saturated heterocycles. The van der Waals surface area contributed by atoms with Gasteiger partial charge in [0.1, 0.15) is 6.33 Å². The van der Waals surface area contributed by atoms with Gasteiger partial charge >= 0.3 is 0 Å². The molecule has 9 nitrogen and oxygen atoms in total. The third kappa shape index (κ3) is 4.04. The van der Waals surface area contributed by atoms with Crippen LogP contribution in [-0.4, -0.2) is 44.7 Å². The lowest BCUT2D eigenvalue weighted by atomic mass is 9.46. The summed E-state index contributed by atoms with van der Waals surface area (Å²) in [5, 5.41) is 12.7. The number of aromatic nitrogens is 5. The fourth-order valence-corrected chi connectivity index (χ4v) is 7.91. The summed E-state index contributed by atoms with van der Waals surface area (Å²) < 4.78 is 15.4. The largest absolute Gasteiger partial charge is 0.493 e. The van der Waals surface area contributed by atoms with Gasteiger partial charge in [-0.15, -0.1) is 5.10 Å². The summed E-state index contributed by atoms with van der Waals surface area (Å²) >= 11 is 3.41. The molecule has 2 atom stereocenters. The van der Waals surface area contributed by atoms with Crippen molar-refractivity contribution in [2.24, 2.45) is 17.3 Å². The van der Waals surface area contributed by atoms with Crippen LogP contribution in [-0.2, 0) is 16.9 Å². The zero-order valence-electron chi connectivity index (χ0n) is 21.8. The average molecular weight is 570 g/mol. The van der Waals surface area contributed by atoms with Gasteiger partial charge in [0.15, 0.2) is 11.5 Å². The van der Waals surface area contributed by atoms with Crippen LogP contribution in [0.4, 0.5) is 5.69 Å². The molecule has 4 fully saturated rings. The van der Waals surface area contributed by atoms with Crippen LogP contribution in [0.25, 0.3) is 0 Å². The number of anilines is 1. The van der Waals surface area contributed by atoms with E-state index in [1.807, 2.05) is 47.7 Å². The summed E-state index contributed by atoms with van der Waals surface area (Å²) in [6.07, 6.45) is 7.91. The number of amides is 1. The highest BCUT2D eigenvalue weighted by molar-refractivity contribution is 9.10. The minimum absolute atomic E-state index is 0.123. The molecule has 1 amide bonds. The van der Waals surface area contributed by atoms with Gasteiger partial charge in [-0.05, 0) is 97.8 Å². The first-order valence-electron chi connectivity index (χ1n) is 12.9. The zero-order chi connectivity index (χ0) is 25.9. The molecule has 4 aliphatic rings. The monoisotopic (exact) mass is 568 g/mol. The maximum absolute atomic E-state index is 14.0. The highest BCUT2D eigenvalue weighted by Crippen LogP contribution is 2.64. The predicted molar refractivity (Wildman–Crippen MR) is 142 cm³/mol. The summed E-state index contributed by atoms with van der Waals surface area (Å²) in [5.41, 5.74) is 3.13. The number of ether oxygens (including phenoxy) is 2. The van der Waals surface area contributed by atoms with Gasteiger partial charge in [0.05, 0.1) is 48.8 Å². The van der Waals surface area contributed by atoms with Crippen molar-refractivity contribution in [3.63, 3.8) is 0 Å². The summed E-state index contributed by atoms with van der Waals surface area (Å²) in [7, 11) is 3.26. The van der Waals surface area contributed by atoms with E-state index >= 15 is 0 Å². The summed E-state index contributed by atoms with van der Waals surface area (Å²) in [6, 6.07) is 5.87. The number of carbonyl (C=O) groups excluding carboxylic acids is 1. The Morgan fingerprint density at radius 1 is 1.11 bits per heavy atom. The Balaban J connectivity index is 1.25. The van der Waals surface area contributed by atoms with Gasteiger partial charge in [0.2, 0.25) is 10.6 Å². The van der Waals surface area contributed by atoms with Gasteiger partial charge in [-0.1, -0.05) is 6.07 Å². The van der Waals surface area contributed by atoms with Crippen LogP contribution in [0.2, 0.25) is 0 Å². The van der Waals surface area contributed by atoms with Crippen LogP contribution in [0.15, 0.2) is 29.3 Å². The molecule has 0 radical (unpaired) electrons. The fourth-order valence-electron chi connectivity index (χ4n) is 7.65. The van der Waals surface area contributed by atoms with Gasteiger partial charge in [0.25, 0.3) is 0 Å². The molecule has 1 aromatic carbocycles. The molecule has 2 heterocycles. The van der Waals surface area contributed by atoms with Crippen molar-refractivity contribution in [3.8, 4) is 11.5 Å². The molecule has 2 aromatic heterocycles. The van der Waals surface area contributed by atoms with E-state index in [-0.39, 0.29) is 16.9 Å². The standard InChI is InChI=1S/C27H33BrN6O3/c1-16-23(17(2)33(31-16)13-18-5-6-21(36-3)22(8-18)37-4)30-24(35)26-9-19-7-20(10-26)12-27(11-19,14-26)34-15-29-25(28)32-34/h5-6,8,15,19-20H,7,9-14H2,1-4H3,(H,30,35). The second kappa shape index (κ2) is 8.85. The third-order valence-electron chi connectivity index (χ3n) is 8.86. The van der Waals surface area contributed by atoms with E-state index in [0.29, 0.717) is 34.6 Å². The van der Waals surface area contributed by atoms with Crippen molar-refractivity contribution < 1.29 is 14.3 Å². The molecule has 37 heavy (non-hydrogen) atoms. The Labute approximate surface area is 225 Å². The number of methoxy groups -OCH3 is 2. The molecule has 0 spiro atoms. The molecule has 4 bridgehead atoms. The van der Waals surface area contributed by atoms with E-state index in [4.69, 9.17) is 14.6 Å². The first-order chi connectivity index (χ1) is 17.7. The summed E-state index contributed by atoms with van der Waals surface area (Å²) in [4.78, 5) is 18.4. The number of rotatable bonds is 7. The molecule has 10 heteroatoms. The Morgan fingerprint density at radius 3 is 2.49 bits per heavy atom. The van der Waals surface area contributed by atoms with Crippen LogP contribution in [0.3, 0.4) is 0 Å². The van der Waals surface area contributed by atoms with Crippen molar-refractivity contribution in [1.82, 2.24) is 24.5 Å². The zero-order valence-corrected chi connectivity index (χ0v) is 23.3. The van der Waals surface area contributed by atoms with Crippen LogP contribution >= 0.6 is 15.9 Å². The number of aryl methyl sites for hydroxylation is 1. The smallest absolute Gasteiger partial charge is 0.230 e. The van der Waals surface area contributed by atoms with Gasteiger partial charge < -0.3 is 14.8 Å². The molecule has 0 aliphatic heterocycles. The molecule has 4 saturated carbocycles. The van der Waals surface area contributed by atoms with Crippen LogP contribution < -0.4 is 14.8 Å². The number of benzene rings is 1. The highest BCUT2D eigenvalue weighted by Gasteiger charge is 2.61.